The van der Waals surface area contributed by atoms with Gasteiger partial charge in [-0.15, -0.1) is 0 Å². The summed E-state index contributed by atoms with van der Waals surface area (Å²) in [6, 6.07) is 0. The molecule has 40 valence electrons. The molecule has 0 aromatic carbocycles. The molecule has 0 fully saturated rings. The Morgan fingerprint density at radius 1 is 1.14 bits per heavy atom. The molecule has 7 heteroatoms. The second-order valence-corrected chi connectivity index (χ2v) is 1.34. The van der Waals surface area contributed by atoms with Crippen molar-refractivity contribution in [3.63, 3.8) is 0 Å². The van der Waals surface area contributed by atoms with Gasteiger partial charge in [0.05, 0.1) is 0 Å². The number of phosphoric acid groups is 1. The molecular formula is CdClO4P-2. The summed E-state index contributed by atoms with van der Waals surface area (Å²) in [5.41, 5.74) is 0. The van der Waals surface area contributed by atoms with E-state index >= 15 is 0 Å². The van der Waals surface area contributed by atoms with Crippen LogP contribution in [-0.2, 0) is 31.9 Å². The van der Waals surface area contributed by atoms with Crippen LogP contribution in [0.1, 0.15) is 0 Å². The van der Waals surface area contributed by atoms with Gasteiger partial charge in [0, 0.05) is 0 Å². The van der Waals surface area contributed by atoms with Gasteiger partial charge in [-0.2, -0.15) is 7.82 Å². The average Bonchev–Trinajstić information content (AvgIpc) is 0.722. The Balaban J connectivity index is -0.0000000800. The van der Waals surface area contributed by atoms with E-state index in [4.69, 9.17) is 19.2 Å². The molecule has 0 aliphatic carbocycles. The van der Waals surface area contributed by atoms with E-state index in [2.05, 4.69) is 0 Å². The van der Waals surface area contributed by atoms with E-state index in [1.165, 1.54) is 0 Å². The minimum atomic E-state index is -5.39. The van der Waals surface area contributed by atoms with Crippen molar-refractivity contribution in [2.75, 3.05) is 0 Å². The first-order valence-electron chi connectivity index (χ1n) is 0.730. The Hall–Kier alpha value is 1.32. The number of rotatable bonds is 0. The van der Waals surface area contributed by atoms with Crippen molar-refractivity contribution in [2.45, 2.75) is 0 Å². The molecule has 0 aliphatic rings. The van der Waals surface area contributed by atoms with Gasteiger partial charge in [-0.25, -0.2) is 0 Å². The summed E-state index contributed by atoms with van der Waals surface area (Å²) in [6.45, 7) is 0. The molecular weight excluding hydrogens is 243 g/mol. The SMILES string of the molecule is O=P([O-])([O-])[O-].[Cd+2].[Cl-]. The van der Waals surface area contributed by atoms with E-state index in [0.717, 1.165) is 0 Å². The van der Waals surface area contributed by atoms with Crippen LogP contribution < -0.4 is 27.1 Å². The molecule has 0 heterocycles. The predicted molar refractivity (Wildman–Crippen MR) is 7.61 cm³/mol. The van der Waals surface area contributed by atoms with Crippen LogP contribution in [0.4, 0.5) is 0 Å². The number of hydrogen-bond acceptors (Lipinski definition) is 4. The second kappa shape index (κ2) is 5.46. The normalized spacial score (nSPS) is 8.43. The third-order valence-electron chi connectivity index (χ3n) is 0. The monoisotopic (exact) mass is 244 g/mol. The maximum atomic E-state index is 8.55. The van der Waals surface area contributed by atoms with Crippen molar-refractivity contribution < 1.29 is 59.0 Å². The van der Waals surface area contributed by atoms with Gasteiger partial charge in [-0.05, 0) is 0 Å². The molecule has 0 radical (unpaired) electrons. The quantitative estimate of drug-likeness (QED) is 0.313. The van der Waals surface area contributed by atoms with Crippen molar-refractivity contribution >= 4 is 7.82 Å². The Kier molecular flexibility index (Phi) is 12.3. The zero-order valence-electron chi connectivity index (χ0n) is 3.17. The molecule has 0 spiro atoms. The fraction of sp³-hybridized carbons (Fsp3) is 0. The van der Waals surface area contributed by atoms with Crippen LogP contribution in [0.25, 0.3) is 0 Å². The van der Waals surface area contributed by atoms with Crippen LogP contribution >= 0.6 is 7.82 Å². The van der Waals surface area contributed by atoms with Gasteiger partial charge in [0.25, 0.3) is 0 Å². The molecule has 0 aliphatic heterocycles. The Morgan fingerprint density at radius 3 is 1.14 bits per heavy atom. The molecule has 7 heavy (non-hydrogen) atoms. The fourth-order valence-corrected chi connectivity index (χ4v) is 0. The minimum Gasteiger partial charge on any atom is -1.00 e. The molecule has 0 unspecified atom stereocenters. The van der Waals surface area contributed by atoms with Crippen LogP contribution in [0.2, 0.25) is 0 Å². The molecule has 0 amide bonds. The van der Waals surface area contributed by atoms with Crippen LogP contribution in [0.5, 0.6) is 0 Å². The molecule has 0 bridgehead atoms. The summed E-state index contributed by atoms with van der Waals surface area (Å²) in [5.74, 6) is 0. The van der Waals surface area contributed by atoms with Crippen molar-refractivity contribution in [3.8, 4) is 0 Å². The third kappa shape index (κ3) is 119. The van der Waals surface area contributed by atoms with Crippen molar-refractivity contribution in [3.05, 3.63) is 0 Å². The minimum absolute atomic E-state index is 0. The van der Waals surface area contributed by atoms with Crippen LogP contribution in [0, 0.1) is 0 Å². The molecule has 0 saturated carbocycles. The molecule has 0 saturated heterocycles. The van der Waals surface area contributed by atoms with Crippen LogP contribution in [-0.4, -0.2) is 0 Å². The zero-order valence-corrected chi connectivity index (χ0v) is 8.85. The Labute approximate surface area is 66.7 Å². The molecule has 0 rings (SSSR count). The Morgan fingerprint density at radius 2 is 1.14 bits per heavy atom. The van der Waals surface area contributed by atoms with E-state index in [1.54, 1.807) is 0 Å². The average molecular weight is 243 g/mol. The molecule has 0 aromatic rings. The molecule has 0 N–H and O–H groups in total. The van der Waals surface area contributed by atoms with Crippen LogP contribution in [0.15, 0.2) is 0 Å². The van der Waals surface area contributed by atoms with Crippen molar-refractivity contribution in [1.82, 2.24) is 0 Å². The van der Waals surface area contributed by atoms with E-state index < -0.39 is 7.82 Å². The molecule has 0 atom stereocenters. The summed E-state index contributed by atoms with van der Waals surface area (Å²) in [6.07, 6.45) is 0. The summed E-state index contributed by atoms with van der Waals surface area (Å²) in [7, 11) is -5.39. The molecule has 0 aromatic heterocycles. The van der Waals surface area contributed by atoms with Crippen molar-refractivity contribution in [1.29, 1.82) is 0 Å². The molecule has 4 nitrogen and oxygen atoms in total. The van der Waals surface area contributed by atoms with Crippen molar-refractivity contribution in [2.24, 2.45) is 0 Å². The van der Waals surface area contributed by atoms with E-state index in [9.17, 15) is 0 Å². The smallest absolute Gasteiger partial charge is 1.00 e. The summed E-state index contributed by atoms with van der Waals surface area (Å²) >= 11 is 0. The topological polar surface area (TPSA) is 86.2 Å². The standard InChI is InChI=1S/Cd.ClH.H3O4P/c;;1-5(2,3)4/h;1H;(H3,1,2,3,4)/q+2;;/p-4. The zero-order chi connectivity index (χ0) is 4.50. The first-order valence-corrected chi connectivity index (χ1v) is 2.19. The predicted octanol–water partition coefficient (Wildman–Crippen LogP) is -5.82. The largest absolute Gasteiger partial charge is 2.00 e. The van der Waals surface area contributed by atoms with Gasteiger partial charge in [0.1, 0.15) is 0 Å². The Bertz CT molecular complexity index is 57.8. The summed E-state index contributed by atoms with van der Waals surface area (Å²) < 4.78 is 8.55. The van der Waals surface area contributed by atoms with Gasteiger partial charge in [-0.1, -0.05) is 0 Å². The number of hydrogen-bond donors (Lipinski definition) is 0. The van der Waals surface area contributed by atoms with Gasteiger partial charge < -0.3 is 31.7 Å². The first-order chi connectivity index (χ1) is 2.00. The maximum absolute atomic E-state index is 8.55. The fourth-order valence-electron chi connectivity index (χ4n) is 0. The van der Waals surface area contributed by atoms with Gasteiger partial charge in [0.2, 0.25) is 0 Å². The third-order valence-corrected chi connectivity index (χ3v) is 0. The van der Waals surface area contributed by atoms with E-state index in [0.29, 0.717) is 0 Å². The second-order valence-electron chi connectivity index (χ2n) is 0.447. The maximum Gasteiger partial charge on any atom is 2.00 e. The summed E-state index contributed by atoms with van der Waals surface area (Å²) in [4.78, 5) is 25.6. The first kappa shape index (κ1) is 15.8. The van der Waals surface area contributed by atoms with E-state index in [1.807, 2.05) is 0 Å². The van der Waals surface area contributed by atoms with E-state index in [-0.39, 0.29) is 39.7 Å². The van der Waals surface area contributed by atoms with Gasteiger partial charge in [-0.3, -0.25) is 0 Å². The summed E-state index contributed by atoms with van der Waals surface area (Å²) in [5, 5.41) is 0. The van der Waals surface area contributed by atoms with Gasteiger partial charge in [0.15, 0.2) is 0 Å². The van der Waals surface area contributed by atoms with Gasteiger partial charge >= 0.3 is 27.3 Å². The number of halogens is 1. The van der Waals surface area contributed by atoms with Crippen LogP contribution in [0.3, 0.4) is 0 Å².